The summed E-state index contributed by atoms with van der Waals surface area (Å²) >= 11 is 0. The van der Waals surface area contributed by atoms with Crippen molar-refractivity contribution in [2.45, 2.75) is 0 Å². The number of aromatic carboxylic acids is 1. The Hall–Kier alpha value is -3.22. The van der Waals surface area contributed by atoms with Crippen molar-refractivity contribution in [3.8, 4) is 5.75 Å². The normalized spacial score (nSPS) is 9.90. The quantitative estimate of drug-likeness (QED) is 0.400. The third-order valence-corrected chi connectivity index (χ3v) is 2.64. The lowest BCUT2D eigenvalue weighted by Crippen LogP contribution is -2.13. The summed E-state index contributed by atoms with van der Waals surface area (Å²) in [7, 11) is 0. The molecule has 2 aromatic carbocycles. The van der Waals surface area contributed by atoms with Gasteiger partial charge in [-0.1, -0.05) is 24.3 Å². The molecule has 0 saturated heterocycles. The molecular formula is C14H9NO6. The highest BCUT2D eigenvalue weighted by atomic mass is 16.6. The van der Waals surface area contributed by atoms with E-state index in [4.69, 9.17) is 9.84 Å². The van der Waals surface area contributed by atoms with Crippen molar-refractivity contribution < 1.29 is 24.4 Å². The predicted octanol–water partition coefficient (Wildman–Crippen LogP) is 2.51. The van der Waals surface area contributed by atoms with Crippen LogP contribution in [0.2, 0.25) is 0 Å². The van der Waals surface area contributed by atoms with Crippen molar-refractivity contribution in [3.05, 3.63) is 69.8 Å². The number of hydrogen-bond acceptors (Lipinski definition) is 5. The summed E-state index contributed by atoms with van der Waals surface area (Å²) in [5, 5.41) is 19.8. The molecule has 0 heterocycles. The van der Waals surface area contributed by atoms with E-state index >= 15 is 0 Å². The summed E-state index contributed by atoms with van der Waals surface area (Å²) < 4.78 is 4.96. The van der Waals surface area contributed by atoms with Crippen LogP contribution in [-0.4, -0.2) is 22.0 Å². The van der Waals surface area contributed by atoms with E-state index in [-0.39, 0.29) is 16.9 Å². The lowest BCUT2D eigenvalue weighted by atomic mass is 10.1. The lowest BCUT2D eigenvalue weighted by molar-refractivity contribution is -0.385. The fourth-order valence-electron chi connectivity index (χ4n) is 1.69. The van der Waals surface area contributed by atoms with Gasteiger partial charge in [-0.15, -0.1) is 0 Å². The van der Waals surface area contributed by atoms with Crippen LogP contribution in [0.1, 0.15) is 20.7 Å². The second kappa shape index (κ2) is 5.83. The van der Waals surface area contributed by atoms with Crippen molar-refractivity contribution in [1.82, 2.24) is 0 Å². The SMILES string of the molecule is O=C(O)c1ccccc1OC(=O)c1ccccc1[N+](=O)[O-]. The number of ether oxygens (including phenoxy) is 1. The van der Waals surface area contributed by atoms with Gasteiger partial charge in [0.25, 0.3) is 5.69 Å². The molecule has 0 radical (unpaired) electrons. The van der Waals surface area contributed by atoms with Gasteiger partial charge in [0, 0.05) is 6.07 Å². The number of nitro groups is 1. The van der Waals surface area contributed by atoms with Crippen molar-refractivity contribution in [2.75, 3.05) is 0 Å². The average Bonchev–Trinajstić information content (AvgIpc) is 2.47. The largest absolute Gasteiger partial charge is 0.478 e. The molecule has 2 aromatic rings. The summed E-state index contributed by atoms with van der Waals surface area (Å²) in [4.78, 5) is 33.2. The van der Waals surface area contributed by atoms with Gasteiger partial charge < -0.3 is 9.84 Å². The zero-order chi connectivity index (χ0) is 15.4. The molecule has 0 aliphatic rings. The van der Waals surface area contributed by atoms with Gasteiger partial charge in [-0.05, 0) is 18.2 Å². The maximum absolute atomic E-state index is 12.0. The van der Waals surface area contributed by atoms with Gasteiger partial charge in [0.05, 0.1) is 4.92 Å². The Bertz CT molecular complexity index is 725. The predicted molar refractivity (Wildman–Crippen MR) is 71.5 cm³/mol. The van der Waals surface area contributed by atoms with Crippen LogP contribution in [-0.2, 0) is 0 Å². The maximum atomic E-state index is 12.0. The third kappa shape index (κ3) is 3.03. The van der Waals surface area contributed by atoms with Crippen LogP contribution in [0.4, 0.5) is 5.69 Å². The number of para-hydroxylation sites is 2. The molecule has 0 unspecified atom stereocenters. The number of esters is 1. The Morgan fingerprint density at radius 3 is 2.19 bits per heavy atom. The van der Waals surface area contributed by atoms with Crippen molar-refractivity contribution in [1.29, 1.82) is 0 Å². The van der Waals surface area contributed by atoms with E-state index in [1.807, 2.05) is 0 Å². The van der Waals surface area contributed by atoms with E-state index < -0.39 is 22.5 Å². The fraction of sp³-hybridized carbons (Fsp3) is 0. The number of benzene rings is 2. The van der Waals surface area contributed by atoms with Gasteiger partial charge in [-0.3, -0.25) is 10.1 Å². The molecule has 0 spiro atoms. The van der Waals surface area contributed by atoms with Crippen LogP contribution < -0.4 is 4.74 Å². The summed E-state index contributed by atoms with van der Waals surface area (Å²) in [5.74, 6) is -2.43. The molecule has 0 fully saturated rings. The highest BCUT2D eigenvalue weighted by molar-refractivity contribution is 5.97. The Morgan fingerprint density at radius 2 is 1.57 bits per heavy atom. The zero-order valence-electron chi connectivity index (χ0n) is 10.6. The summed E-state index contributed by atoms with van der Waals surface area (Å²) in [6, 6.07) is 10.8. The number of carbonyl (C=O) groups excluding carboxylic acids is 1. The summed E-state index contributed by atoms with van der Waals surface area (Å²) in [5.41, 5.74) is -0.859. The fourth-order valence-corrected chi connectivity index (χ4v) is 1.69. The van der Waals surface area contributed by atoms with Crippen LogP contribution >= 0.6 is 0 Å². The van der Waals surface area contributed by atoms with E-state index in [0.29, 0.717) is 0 Å². The number of rotatable bonds is 4. The minimum absolute atomic E-state index is 0.173. The maximum Gasteiger partial charge on any atom is 0.350 e. The molecule has 0 saturated carbocycles. The van der Waals surface area contributed by atoms with E-state index in [1.165, 1.54) is 48.5 Å². The van der Waals surface area contributed by atoms with E-state index in [0.717, 1.165) is 0 Å². The number of carboxylic acids is 1. The second-order valence-corrected chi connectivity index (χ2v) is 3.97. The average molecular weight is 287 g/mol. The van der Waals surface area contributed by atoms with Crippen LogP contribution in [0.15, 0.2) is 48.5 Å². The molecule has 0 aliphatic heterocycles. The molecule has 0 bridgehead atoms. The van der Waals surface area contributed by atoms with Crippen LogP contribution in [0.3, 0.4) is 0 Å². The topological polar surface area (TPSA) is 107 Å². The Balaban J connectivity index is 2.36. The number of hydrogen-bond donors (Lipinski definition) is 1. The smallest absolute Gasteiger partial charge is 0.350 e. The zero-order valence-corrected chi connectivity index (χ0v) is 10.6. The first kappa shape index (κ1) is 14.2. The Labute approximate surface area is 118 Å². The molecule has 0 amide bonds. The first-order valence-corrected chi connectivity index (χ1v) is 5.78. The monoisotopic (exact) mass is 287 g/mol. The number of nitro benzene ring substituents is 1. The van der Waals surface area contributed by atoms with E-state index in [9.17, 15) is 19.7 Å². The Kier molecular flexibility index (Phi) is 3.94. The number of carbonyl (C=O) groups is 2. The van der Waals surface area contributed by atoms with Gasteiger partial charge in [0.15, 0.2) is 0 Å². The van der Waals surface area contributed by atoms with Crippen LogP contribution in [0.25, 0.3) is 0 Å². The first-order valence-electron chi connectivity index (χ1n) is 5.78. The standard InChI is InChI=1S/C14H9NO6/c16-13(17)10-6-2-4-8-12(10)21-14(18)9-5-1-3-7-11(9)15(19)20/h1-8H,(H,16,17). The summed E-state index contributed by atoms with van der Waals surface area (Å²) in [6.45, 7) is 0. The first-order chi connectivity index (χ1) is 10.0. The van der Waals surface area contributed by atoms with Crippen LogP contribution in [0.5, 0.6) is 5.75 Å². The molecule has 7 heteroatoms. The van der Waals surface area contributed by atoms with Gasteiger partial charge in [0.1, 0.15) is 16.9 Å². The number of nitrogens with zero attached hydrogens (tertiary/aromatic N) is 1. The summed E-state index contributed by atoms with van der Waals surface area (Å²) in [6.07, 6.45) is 0. The van der Waals surface area contributed by atoms with Gasteiger partial charge in [-0.25, -0.2) is 9.59 Å². The third-order valence-electron chi connectivity index (χ3n) is 2.64. The molecule has 7 nitrogen and oxygen atoms in total. The molecule has 21 heavy (non-hydrogen) atoms. The minimum Gasteiger partial charge on any atom is -0.478 e. The number of carboxylic acid groups (broad SMARTS) is 1. The van der Waals surface area contributed by atoms with Crippen molar-refractivity contribution >= 4 is 17.6 Å². The minimum atomic E-state index is -1.26. The molecule has 1 N–H and O–H groups in total. The second-order valence-electron chi connectivity index (χ2n) is 3.97. The van der Waals surface area contributed by atoms with Crippen LogP contribution in [0, 0.1) is 10.1 Å². The molecule has 0 atom stereocenters. The molecular weight excluding hydrogens is 278 g/mol. The van der Waals surface area contributed by atoms with Gasteiger partial charge >= 0.3 is 11.9 Å². The van der Waals surface area contributed by atoms with E-state index in [2.05, 4.69) is 0 Å². The van der Waals surface area contributed by atoms with Gasteiger partial charge in [-0.2, -0.15) is 0 Å². The van der Waals surface area contributed by atoms with Gasteiger partial charge in [0.2, 0.25) is 0 Å². The molecule has 0 aliphatic carbocycles. The molecule has 2 rings (SSSR count). The van der Waals surface area contributed by atoms with E-state index in [1.54, 1.807) is 0 Å². The molecule has 0 aromatic heterocycles. The van der Waals surface area contributed by atoms with Crippen molar-refractivity contribution in [2.24, 2.45) is 0 Å². The lowest BCUT2D eigenvalue weighted by Gasteiger charge is -2.07. The van der Waals surface area contributed by atoms with Crippen molar-refractivity contribution in [3.63, 3.8) is 0 Å². The highest BCUT2D eigenvalue weighted by Crippen LogP contribution is 2.23. The Morgan fingerprint density at radius 1 is 1.00 bits per heavy atom. The highest BCUT2D eigenvalue weighted by Gasteiger charge is 2.22. The molecule has 106 valence electrons.